The van der Waals surface area contributed by atoms with Gasteiger partial charge in [-0.15, -0.1) is 0 Å². The van der Waals surface area contributed by atoms with Crippen LogP contribution in [0.15, 0.2) is 24.3 Å². The molecule has 0 bridgehead atoms. The highest BCUT2D eigenvalue weighted by Gasteiger charge is 1.92. The van der Waals surface area contributed by atoms with E-state index in [2.05, 4.69) is 62.1 Å². The molecule has 0 aromatic carbocycles. The van der Waals surface area contributed by atoms with E-state index in [1.165, 1.54) is 0 Å². The first-order valence-electron chi connectivity index (χ1n) is 4.24. The van der Waals surface area contributed by atoms with Crippen molar-refractivity contribution in [2.75, 3.05) is 28.2 Å². The molecule has 0 atom stereocenters. The SMILES string of the molecule is C1=CCC=C1.CN(C)BN(C)C. The Morgan fingerprint density at radius 2 is 1.33 bits per heavy atom. The molecule has 12 heavy (non-hydrogen) atoms. The van der Waals surface area contributed by atoms with Crippen LogP contribution in [0.5, 0.6) is 0 Å². The summed E-state index contributed by atoms with van der Waals surface area (Å²) >= 11 is 0. The summed E-state index contributed by atoms with van der Waals surface area (Å²) in [6.45, 7) is 0. The zero-order valence-electron chi connectivity index (χ0n) is 8.62. The third-order valence-corrected chi connectivity index (χ3v) is 1.22. The van der Waals surface area contributed by atoms with Crippen molar-refractivity contribution < 1.29 is 0 Å². The average molecular weight is 166 g/mol. The van der Waals surface area contributed by atoms with Crippen LogP contribution < -0.4 is 0 Å². The van der Waals surface area contributed by atoms with Crippen molar-refractivity contribution in [3.63, 3.8) is 0 Å². The van der Waals surface area contributed by atoms with E-state index >= 15 is 0 Å². The van der Waals surface area contributed by atoms with Gasteiger partial charge in [-0.2, -0.15) is 0 Å². The van der Waals surface area contributed by atoms with Crippen molar-refractivity contribution in [3.05, 3.63) is 24.3 Å². The molecule has 3 heteroatoms. The minimum Gasteiger partial charge on any atom is -0.337 e. The van der Waals surface area contributed by atoms with Crippen molar-refractivity contribution in [1.29, 1.82) is 0 Å². The second-order valence-corrected chi connectivity index (χ2v) is 3.39. The fraction of sp³-hybridized carbons (Fsp3) is 0.556. The van der Waals surface area contributed by atoms with Gasteiger partial charge in [0.05, 0.1) is 0 Å². The van der Waals surface area contributed by atoms with Crippen molar-refractivity contribution in [2.24, 2.45) is 0 Å². The maximum absolute atomic E-state index is 2.12. The monoisotopic (exact) mass is 166 g/mol. The highest BCUT2D eigenvalue weighted by molar-refractivity contribution is 6.27. The van der Waals surface area contributed by atoms with E-state index < -0.39 is 0 Å². The van der Waals surface area contributed by atoms with Gasteiger partial charge in [-0.1, -0.05) is 24.3 Å². The lowest BCUT2D eigenvalue weighted by Crippen LogP contribution is -2.31. The van der Waals surface area contributed by atoms with E-state index in [0.29, 0.717) is 0 Å². The van der Waals surface area contributed by atoms with E-state index in [1.807, 2.05) is 0 Å². The standard InChI is InChI=1S/C5H6.C4H13BN2/c1-2-4-5-3-1;1-6(2)5-7(3)4/h1-4H,5H2;5H,1-4H3. The molecule has 0 fully saturated rings. The van der Waals surface area contributed by atoms with Gasteiger partial charge in [0, 0.05) is 0 Å². The number of nitrogens with zero attached hydrogens (tertiary/aromatic N) is 2. The molecular formula is C9H19BN2. The number of rotatable bonds is 2. The van der Waals surface area contributed by atoms with Gasteiger partial charge in [0.2, 0.25) is 0 Å². The van der Waals surface area contributed by atoms with E-state index in [0.717, 1.165) is 14.0 Å². The summed E-state index contributed by atoms with van der Waals surface area (Å²) in [5.41, 5.74) is 0. The summed E-state index contributed by atoms with van der Waals surface area (Å²) in [5, 5.41) is 0. The molecule has 2 nitrogen and oxygen atoms in total. The Morgan fingerprint density at radius 3 is 1.42 bits per heavy atom. The van der Waals surface area contributed by atoms with Crippen LogP contribution in [0.4, 0.5) is 0 Å². The molecule has 0 saturated heterocycles. The zero-order valence-corrected chi connectivity index (χ0v) is 8.62. The normalized spacial score (nSPS) is 13.5. The molecule has 0 radical (unpaired) electrons. The van der Waals surface area contributed by atoms with Gasteiger partial charge >= 0.3 is 0 Å². The number of hydrogen-bond donors (Lipinski definition) is 0. The second-order valence-electron chi connectivity index (χ2n) is 3.39. The van der Waals surface area contributed by atoms with Crippen LogP contribution in [0.25, 0.3) is 0 Å². The van der Waals surface area contributed by atoms with Crippen LogP contribution >= 0.6 is 0 Å². The molecule has 1 aliphatic carbocycles. The van der Waals surface area contributed by atoms with Crippen LogP contribution in [0.2, 0.25) is 0 Å². The maximum Gasteiger partial charge on any atom is 0.290 e. The van der Waals surface area contributed by atoms with Crippen LogP contribution in [0.1, 0.15) is 6.42 Å². The lowest BCUT2D eigenvalue weighted by molar-refractivity contribution is 0.549. The van der Waals surface area contributed by atoms with Crippen LogP contribution in [0.3, 0.4) is 0 Å². The highest BCUT2D eigenvalue weighted by Crippen LogP contribution is 1.93. The van der Waals surface area contributed by atoms with Crippen LogP contribution in [-0.4, -0.2) is 45.4 Å². The minimum atomic E-state index is 1.03. The maximum atomic E-state index is 2.12. The third-order valence-electron chi connectivity index (χ3n) is 1.22. The Hall–Kier alpha value is -0.535. The summed E-state index contributed by atoms with van der Waals surface area (Å²) in [6, 6.07) is 0. The number of allylic oxidation sites excluding steroid dienone is 4. The van der Waals surface area contributed by atoms with E-state index in [9.17, 15) is 0 Å². The highest BCUT2D eigenvalue weighted by atomic mass is 15.1. The van der Waals surface area contributed by atoms with Gasteiger partial charge in [-0.05, 0) is 34.6 Å². The largest absolute Gasteiger partial charge is 0.337 e. The Bertz CT molecular complexity index is 135. The molecule has 1 rings (SSSR count). The van der Waals surface area contributed by atoms with Crippen molar-refractivity contribution in [1.82, 2.24) is 9.62 Å². The van der Waals surface area contributed by atoms with E-state index in [-0.39, 0.29) is 0 Å². The Morgan fingerprint density at radius 1 is 0.917 bits per heavy atom. The van der Waals surface area contributed by atoms with Gasteiger partial charge in [-0.3, -0.25) is 0 Å². The first-order chi connectivity index (χ1) is 5.63. The van der Waals surface area contributed by atoms with E-state index in [4.69, 9.17) is 0 Å². The average Bonchev–Trinajstić information content (AvgIpc) is 2.36. The van der Waals surface area contributed by atoms with Gasteiger partial charge < -0.3 is 9.62 Å². The molecule has 0 aromatic rings. The second kappa shape index (κ2) is 7.13. The molecule has 68 valence electrons. The molecule has 0 aromatic heterocycles. The van der Waals surface area contributed by atoms with Gasteiger partial charge in [0.15, 0.2) is 0 Å². The fourth-order valence-electron chi connectivity index (χ4n) is 0.959. The zero-order chi connectivity index (χ0) is 9.40. The smallest absolute Gasteiger partial charge is 0.290 e. The third kappa shape index (κ3) is 9.46. The quantitative estimate of drug-likeness (QED) is 0.562. The molecule has 0 heterocycles. The Labute approximate surface area is 76.8 Å². The molecule has 0 spiro atoms. The van der Waals surface area contributed by atoms with Gasteiger partial charge in [0.1, 0.15) is 0 Å². The van der Waals surface area contributed by atoms with Gasteiger partial charge in [-0.25, -0.2) is 0 Å². The fourth-order valence-corrected chi connectivity index (χ4v) is 0.959. The Kier molecular flexibility index (Phi) is 6.81. The van der Waals surface area contributed by atoms with Crippen molar-refractivity contribution >= 4 is 7.55 Å². The molecule has 0 amide bonds. The van der Waals surface area contributed by atoms with Gasteiger partial charge in [0.25, 0.3) is 7.55 Å². The molecule has 0 aliphatic heterocycles. The molecule has 0 unspecified atom stereocenters. The summed E-state index contributed by atoms with van der Waals surface area (Å²) in [7, 11) is 9.25. The van der Waals surface area contributed by atoms with Crippen molar-refractivity contribution in [3.8, 4) is 0 Å². The summed E-state index contributed by atoms with van der Waals surface area (Å²) in [6.07, 6.45) is 9.50. The molecular weight excluding hydrogens is 147 g/mol. The summed E-state index contributed by atoms with van der Waals surface area (Å²) < 4.78 is 0. The predicted octanol–water partition coefficient (Wildman–Crippen LogP) is 0.879. The predicted molar refractivity (Wildman–Crippen MR) is 57.4 cm³/mol. The lowest BCUT2D eigenvalue weighted by Gasteiger charge is -2.12. The summed E-state index contributed by atoms with van der Waals surface area (Å²) in [4.78, 5) is 4.25. The first-order valence-corrected chi connectivity index (χ1v) is 4.24. The summed E-state index contributed by atoms with van der Waals surface area (Å²) in [5.74, 6) is 0. The van der Waals surface area contributed by atoms with Crippen LogP contribution in [0, 0.1) is 0 Å². The first kappa shape index (κ1) is 11.5. The lowest BCUT2D eigenvalue weighted by atomic mass is 10.1. The molecule has 0 saturated carbocycles. The Balaban J connectivity index is 0.000000211. The minimum absolute atomic E-state index is 1.03. The molecule has 0 N–H and O–H groups in total. The molecule has 1 aliphatic rings. The topological polar surface area (TPSA) is 6.48 Å². The van der Waals surface area contributed by atoms with Crippen LogP contribution in [-0.2, 0) is 0 Å². The van der Waals surface area contributed by atoms with E-state index in [1.54, 1.807) is 0 Å². The van der Waals surface area contributed by atoms with Crippen molar-refractivity contribution in [2.45, 2.75) is 6.42 Å². The number of hydrogen-bond acceptors (Lipinski definition) is 2.